The molecule has 1 heterocycles. The van der Waals surface area contributed by atoms with Crippen LogP contribution in [-0.4, -0.2) is 29.8 Å². The highest BCUT2D eigenvalue weighted by Gasteiger charge is 2.33. The fourth-order valence-electron chi connectivity index (χ4n) is 3.23. The number of carbonyl (C=O) groups is 2. The van der Waals surface area contributed by atoms with E-state index in [2.05, 4.69) is 10.6 Å². The quantitative estimate of drug-likeness (QED) is 0.445. The molecular weight excluding hydrogens is 453 g/mol. The van der Waals surface area contributed by atoms with Gasteiger partial charge in [-0.3, -0.25) is 19.7 Å². The molecule has 3 rings (SSSR count). The van der Waals surface area contributed by atoms with Gasteiger partial charge in [0.2, 0.25) is 11.8 Å². The number of benzene rings is 2. The molecule has 12 heteroatoms. The highest BCUT2D eigenvalue weighted by atomic mass is 35.5. The molecule has 0 radical (unpaired) electrons. The first-order chi connectivity index (χ1) is 15.1. The molecule has 32 heavy (non-hydrogen) atoms. The number of halogens is 4. The molecule has 0 unspecified atom stereocenters. The third kappa shape index (κ3) is 5.47. The zero-order chi connectivity index (χ0) is 23.5. The van der Waals surface area contributed by atoms with E-state index in [1.54, 1.807) is 23.1 Å². The second kappa shape index (κ2) is 9.43. The molecule has 0 spiro atoms. The number of carbonyl (C=O) groups excluding carboxylic acids is 2. The van der Waals surface area contributed by atoms with Crippen molar-refractivity contribution in [2.45, 2.75) is 25.4 Å². The summed E-state index contributed by atoms with van der Waals surface area (Å²) in [6.07, 6.45) is -3.66. The van der Waals surface area contributed by atoms with E-state index in [0.29, 0.717) is 30.4 Å². The topological polar surface area (TPSA) is 105 Å². The smallest absolute Gasteiger partial charge is 0.379 e. The number of alkyl halides is 3. The molecule has 1 aliphatic rings. The minimum absolute atomic E-state index is 0.0214. The highest BCUT2D eigenvalue weighted by Crippen LogP contribution is 2.35. The van der Waals surface area contributed by atoms with Gasteiger partial charge in [0.15, 0.2) is 0 Å². The summed E-state index contributed by atoms with van der Waals surface area (Å²) in [5, 5.41) is 16.6. The lowest BCUT2D eigenvalue weighted by molar-refractivity contribution is -0.384. The maximum atomic E-state index is 12.8. The van der Waals surface area contributed by atoms with Crippen molar-refractivity contribution in [2.75, 3.05) is 28.6 Å². The van der Waals surface area contributed by atoms with Gasteiger partial charge in [-0.05, 0) is 36.8 Å². The second-order valence-electron chi connectivity index (χ2n) is 7.02. The van der Waals surface area contributed by atoms with Crippen LogP contribution >= 0.6 is 11.6 Å². The fraction of sp³-hybridized carbons (Fsp3) is 0.300. The third-order valence-corrected chi connectivity index (χ3v) is 5.13. The van der Waals surface area contributed by atoms with E-state index in [9.17, 15) is 32.9 Å². The van der Waals surface area contributed by atoms with Crippen LogP contribution in [0.4, 0.5) is 35.9 Å². The lowest BCUT2D eigenvalue weighted by atomic mass is 10.1. The summed E-state index contributed by atoms with van der Waals surface area (Å²) in [4.78, 5) is 36.0. The number of nitro benzene ring substituents is 1. The summed E-state index contributed by atoms with van der Waals surface area (Å²) in [5.74, 6) is -0.495. The number of hydrogen-bond acceptors (Lipinski definition) is 5. The predicted molar refractivity (Wildman–Crippen MR) is 113 cm³/mol. The van der Waals surface area contributed by atoms with Gasteiger partial charge in [-0.15, -0.1) is 0 Å². The Morgan fingerprint density at radius 1 is 1.19 bits per heavy atom. The van der Waals surface area contributed by atoms with Crippen LogP contribution in [0.1, 0.15) is 24.8 Å². The molecule has 2 amide bonds. The molecule has 1 saturated heterocycles. The first-order valence-electron chi connectivity index (χ1n) is 9.55. The van der Waals surface area contributed by atoms with Crippen molar-refractivity contribution in [1.29, 1.82) is 0 Å². The predicted octanol–water partition coefficient (Wildman–Crippen LogP) is 4.83. The number of amides is 2. The summed E-state index contributed by atoms with van der Waals surface area (Å²) < 4.78 is 38.3. The van der Waals surface area contributed by atoms with Gasteiger partial charge in [-0.1, -0.05) is 11.6 Å². The summed E-state index contributed by atoms with van der Waals surface area (Å²) in [6, 6.07) is 6.92. The first-order valence-corrected chi connectivity index (χ1v) is 9.93. The lowest BCUT2D eigenvalue weighted by Gasteiger charge is -2.17. The van der Waals surface area contributed by atoms with Crippen molar-refractivity contribution in [3.05, 3.63) is 57.1 Å². The number of rotatable bonds is 7. The van der Waals surface area contributed by atoms with Gasteiger partial charge in [0.25, 0.3) is 5.69 Å². The van der Waals surface area contributed by atoms with Gasteiger partial charge in [0.05, 0.1) is 21.2 Å². The average Bonchev–Trinajstić information content (AvgIpc) is 3.14. The van der Waals surface area contributed by atoms with E-state index in [1.807, 2.05) is 0 Å². The van der Waals surface area contributed by atoms with Crippen LogP contribution in [0.3, 0.4) is 0 Å². The summed E-state index contributed by atoms with van der Waals surface area (Å²) in [5.41, 5.74) is -1.12. The van der Waals surface area contributed by atoms with E-state index < -0.39 is 28.3 Å². The minimum Gasteiger partial charge on any atom is -0.379 e. The molecule has 0 aromatic heterocycles. The Morgan fingerprint density at radius 2 is 1.94 bits per heavy atom. The van der Waals surface area contributed by atoms with Crippen molar-refractivity contribution >= 4 is 46.2 Å². The van der Waals surface area contributed by atoms with Crippen molar-refractivity contribution in [3.8, 4) is 0 Å². The molecule has 2 aromatic carbocycles. The van der Waals surface area contributed by atoms with Gasteiger partial charge >= 0.3 is 6.18 Å². The SMILES string of the molecule is O=C(CCNc1ccc(C(F)(F)F)cc1[N+](=O)[O-])Nc1cc(N2CCCC2=O)ccc1Cl. The van der Waals surface area contributed by atoms with Crippen molar-refractivity contribution < 1.29 is 27.7 Å². The largest absolute Gasteiger partial charge is 0.416 e. The van der Waals surface area contributed by atoms with Crippen LogP contribution in [0, 0.1) is 10.1 Å². The van der Waals surface area contributed by atoms with Crippen LogP contribution in [0.5, 0.6) is 0 Å². The zero-order valence-corrected chi connectivity index (χ0v) is 17.3. The Labute approximate surface area is 185 Å². The molecule has 1 fully saturated rings. The Hall–Kier alpha value is -3.34. The van der Waals surface area contributed by atoms with Crippen LogP contribution in [-0.2, 0) is 15.8 Å². The average molecular weight is 471 g/mol. The number of hydrogen-bond donors (Lipinski definition) is 2. The van der Waals surface area contributed by atoms with Crippen molar-refractivity contribution in [3.63, 3.8) is 0 Å². The molecule has 0 aliphatic carbocycles. The van der Waals surface area contributed by atoms with Crippen LogP contribution in [0.25, 0.3) is 0 Å². The highest BCUT2D eigenvalue weighted by molar-refractivity contribution is 6.33. The van der Waals surface area contributed by atoms with Gasteiger partial charge in [0, 0.05) is 37.7 Å². The number of anilines is 3. The van der Waals surface area contributed by atoms with Crippen molar-refractivity contribution in [2.24, 2.45) is 0 Å². The van der Waals surface area contributed by atoms with Gasteiger partial charge in [-0.2, -0.15) is 13.2 Å². The lowest BCUT2D eigenvalue weighted by Crippen LogP contribution is -2.24. The number of nitro groups is 1. The molecular formula is C20H18ClF3N4O4. The maximum Gasteiger partial charge on any atom is 0.416 e. The minimum atomic E-state index is -4.71. The standard InChI is InChI=1S/C20H18ClF3N4O4/c21-14-5-4-13(27-9-1-2-19(27)30)11-16(14)26-18(29)7-8-25-15-6-3-12(20(22,23)24)10-17(15)28(31)32/h3-6,10-11,25H,1-2,7-9H2,(H,26,29). The number of nitrogens with zero attached hydrogens (tertiary/aromatic N) is 2. The molecule has 2 N–H and O–H groups in total. The summed E-state index contributed by atoms with van der Waals surface area (Å²) in [6.45, 7) is 0.504. The van der Waals surface area contributed by atoms with Crippen LogP contribution in [0.15, 0.2) is 36.4 Å². The van der Waals surface area contributed by atoms with Crippen LogP contribution in [0.2, 0.25) is 5.02 Å². The zero-order valence-electron chi connectivity index (χ0n) is 16.5. The van der Waals surface area contributed by atoms with E-state index in [1.165, 1.54) is 0 Å². The summed E-state index contributed by atoms with van der Waals surface area (Å²) in [7, 11) is 0. The monoisotopic (exact) mass is 470 g/mol. The van der Waals surface area contributed by atoms with E-state index >= 15 is 0 Å². The summed E-state index contributed by atoms with van der Waals surface area (Å²) >= 11 is 6.12. The molecule has 2 aromatic rings. The molecule has 0 atom stereocenters. The molecule has 170 valence electrons. The first kappa shape index (κ1) is 23.3. The van der Waals surface area contributed by atoms with Gasteiger partial charge in [-0.25, -0.2) is 0 Å². The Kier molecular flexibility index (Phi) is 6.87. The Bertz CT molecular complexity index is 1060. The maximum absolute atomic E-state index is 12.8. The van der Waals surface area contributed by atoms with E-state index in [-0.39, 0.29) is 29.6 Å². The molecule has 8 nitrogen and oxygen atoms in total. The molecule has 0 saturated carbocycles. The van der Waals surface area contributed by atoms with Gasteiger partial charge in [0.1, 0.15) is 5.69 Å². The van der Waals surface area contributed by atoms with E-state index in [0.717, 1.165) is 18.6 Å². The van der Waals surface area contributed by atoms with E-state index in [4.69, 9.17) is 11.6 Å². The Balaban J connectivity index is 1.62. The van der Waals surface area contributed by atoms with Gasteiger partial charge < -0.3 is 15.5 Å². The van der Waals surface area contributed by atoms with Crippen molar-refractivity contribution in [1.82, 2.24) is 0 Å². The molecule has 1 aliphatic heterocycles. The normalized spacial score (nSPS) is 13.9. The second-order valence-corrected chi connectivity index (χ2v) is 7.43. The third-order valence-electron chi connectivity index (χ3n) is 4.80. The molecule has 0 bridgehead atoms. The van der Waals surface area contributed by atoms with Crippen LogP contribution < -0.4 is 15.5 Å². The Morgan fingerprint density at radius 3 is 2.56 bits per heavy atom. The number of nitrogens with one attached hydrogen (secondary N) is 2. The fourth-order valence-corrected chi connectivity index (χ4v) is 3.39.